The largest absolute Gasteiger partial charge is 0.353 e. The number of hydrogen-bond donors (Lipinski definition) is 0. The van der Waals surface area contributed by atoms with E-state index in [1.54, 1.807) is 0 Å². The maximum Gasteiger partial charge on any atom is 0.0193 e. The molecule has 58 valence electrons. The van der Waals surface area contributed by atoms with Gasteiger partial charge in [0.1, 0.15) is 0 Å². The Morgan fingerprint density at radius 1 is 1.40 bits per heavy atom. The highest BCUT2D eigenvalue weighted by molar-refractivity contribution is 5.01. The van der Waals surface area contributed by atoms with Crippen molar-refractivity contribution in [1.82, 2.24) is 4.90 Å². The summed E-state index contributed by atoms with van der Waals surface area (Å²) in [4.78, 5) is 2.13. The zero-order valence-electron chi connectivity index (χ0n) is 7.44. The number of nitrogens with zero attached hydrogens (tertiary/aromatic N) is 1. The fourth-order valence-electron chi connectivity index (χ4n) is 0.783. The lowest BCUT2D eigenvalue weighted by atomic mass is 10.3. The first-order chi connectivity index (χ1) is 4.57. The van der Waals surface area contributed by atoms with Crippen molar-refractivity contribution in [3.8, 4) is 0 Å². The zero-order valence-corrected chi connectivity index (χ0v) is 7.44. The first kappa shape index (κ1) is 9.28. The van der Waals surface area contributed by atoms with Gasteiger partial charge in [-0.05, 0) is 27.7 Å². The Morgan fingerprint density at radius 2 is 1.90 bits per heavy atom. The van der Waals surface area contributed by atoms with Crippen LogP contribution in [-0.4, -0.2) is 11.4 Å². The maximum absolute atomic E-state index is 3.86. The molecule has 0 aliphatic carbocycles. The van der Waals surface area contributed by atoms with Crippen molar-refractivity contribution in [3.63, 3.8) is 0 Å². The summed E-state index contributed by atoms with van der Waals surface area (Å²) in [6.45, 7) is 13.2. The fraction of sp³-hybridized carbons (Fsp3) is 0.556. The molecule has 1 nitrogen and oxygen atoms in total. The van der Waals surface area contributed by atoms with E-state index >= 15 is 0 Å². The predicted octanol–water partition coefficient (Wildman–Crippen LogP) is 2.77. The molecule has 1 heteroatoms. The molecule has 0 saturated heterocycles. The number of hydrogen-bond acceptors (Lipinski definition) is 1. The highest BCUT2D eigenvalue weighted by Gasteiger charge is 1.93. The molecule has 0 unspecified atom stereocenters. The monoisotopic (exact) mass is 139 g/mol. The molecule has 0 aromatic heterocycles. The molecule has 0 atom stereocenters. The van der Waals surface area contributed by atoms with Crippen LogP contribution in [0.4, 0.5) is 0 Å². The summed E-state index contributed by atoms with van der Waals surface area (Å²) in [6, 6.07) is 0. The summed E-state index contributed by atoms with van der Waals surface area (Å²) in [5, 5.41) is 0. The van der Waals surface area contributed by atoms with Gasteiger partial charge in [0.05, 0.1) is 0 Å². The highest BCUT2D eigenvalue weighted by Crippen LogP contribution is 2.03. The van der Waals surface area contributed by atoms with Gasteiger partial charge in [0.15, 0.2) is 0 Å². The van der Waals surface area contributed by atoms with Gasteiger partial charge >= 0.3 is 0 Å². The van der Waals surface area contributed by atoms with Crippen molar-refractivity contribution in [2.75, 3.05) is 6.54 Å². The van der Waals surface area contributed by atoms with Gasteiger partial charge in [0, 0.05) is 18.4 Å². The average molecular weight is 139 g/mol. The Morgan fingerprint density at radius 3 is 2.00 bits per heavy atom. The number of allylic oxidation sites excluding steroid dienone is 2. The van der Waals surface area contributed by atoms with Gasteiger partial charge < -0.3 is 4.90 Å². The van der Waals surface area contributed by atoms with E-state index < -0.39 is 0 Å². The second kappa shape index (κ2) is 4.15. The first-order valence-electron chi connectivity index (χ1n) is 3.65. The Bertz CT molecular complexity index is 141. The molecule has 0 saturated carbocycles. The SMILES string of the molecule is C=C(C)N(C=C(C)C)CC. The summed E-state index contributed by atoms with van der Waals surface area (Å²) in [7, 11) is 0. The van der Waals surface area contributed by atoms with Gasteiger partial charge in [0.25, 0.3) is 0 Å². The molecular formula is C9H17N. The Balaban J connectivity index is 4.09. The molecule has 0 aromatic carbocycles. The second-order valence-corrected chi connectivity index (χ2v) is 2.73. The molecule has 0 amide bonds. The van der Waals surface area contributed by atoms with Crippen LogP contribution in [0.15, 0.2) is 24.0 Å². The lowest BCUT2D eigenvalue weighted by Crippen LogP contribution is -2.13. The molecule has 0 fully saturated rings. The minimum atomic E-state index is 1.00. The molecule has 0 aliphatic rings. The topological polar surface area (TPSA) is 3.24 Å². The van der Waals surface area contributed by atoms with E-state index in [2.05, 4.69) is 38.5 Å². The van der Waals surface area contributed by atoms with Gasteiger partial charge in [0.2, 0.25) is 0 Å². The molecule has 0 aliphatic heterocycles. The van der Waals surface area contributed by atoms with E-state index in [4.69, 9.17) is 0 Å². The Kier molecular flexibility index (Phi) is 3.85. The summed E-state index contributed by atoms with van der Waals surface area (Å²) in [5.74, 6) is 0. The lowest BCUT2D eigenvalue weighted by Gasteiger charge is -2.18. The van der Waals surface area contributed by atoms with Crippen LogP contribution < -0.4 is 0 Å². The van der Waals surface area contributed by atoms with E-state index in [9.17, 15) is 0 Å². The van der Waals surface area contributed by atoms with Crippen LogP contribution >= 0.6 is 0 Å². The van der Waals surface area contributed by atoms with Gasteiger partial charge in [-0.1, -0.05) is 12.2 Å². The summed E-state index contributed by atoms with van der Waals surface area (Å²) in [5.41, 5.74) is 2.41. The second-order valence-electron chi connectivity index (χ2n) is 2.73. The van der Waals surface area contributed by atoms with Crippen molar-refractivity contribution in [2.24, 2.45) is 0 Å². The molecule has 0 radical (unpaired) electrons. The van der Waals surface area contributed by atoms with Crippen LogP contribution in [-0.2, 0) is 0 Å². The Labute approximate surface area is 64.0 Å². The molecule has 0 N–H and O–H groups in total. The summed E-state index contributed by atoms with van der Waals surface area (Å²) in [6.07, 6.45) is 2.11. The van der Waals surface area contributed by atoms with Crippen LogP contribution in [0.2, 0.25) is 0 Å². The third-order valence-electron chi connectivity index (χ3n) is 1.25. The van der Waals surface area contributed by atoms with Crippen molar-refractivity contribution in [3.05, 3.63) is 24.0 Å². The quantitative estimate of drug-likeness (QED) is 0.581. The van der Waals surface area contributed by atoms with Crippen LogP contribution in [0.5, 0.6) is 0 Å². The molecule has 0 aromatic rings. The number of rotatable bonds is 3. The fourth-order valence-corrected chi connectivity index (χ4v) is 0.783. The molecule has 0 rings (SSSR count). The zero-order chi connectivity index (χ0) is 8.15. The van der Waals surface area contributed by atoms with Gasteiger partial charge in [-0.25, -0.2) is 0 Å². The van der Waals surface area contributed by atoms with Crippen molar-refractivity contribution in [1.29, 1.82) is 0 Å². The van der Waals surface area contributed by atoms with E-state index in [0.717, 1.165) is 12.2 Å². The van der Waals surface area contributed by atoms with Crippen LogP contribution in [0.25, 0.3) is 0 Å². The summed E-state index contributed by atoms with van der Waals surface area (Å²) < 4.78 is 0. The standard InChI is InChI=1S/C9H17N/c1-6-10(9(4)5)7-8(2)3/h7H,4,6H2,1-3,5H3. The van der Waals surface area contributed by atoms with Gasteiger partial charge in [-0.15, -0.1) is 0 Å². The summed E-state index contributed by atoms with van der Waals surface area (Å²) >= 11 is 0. The predicted molar refractivity (Wildman–Crippen MR) is 46.6 cm³/mol. The normalized spacial score (nSPS) is 8.80. The third-order valence-corrected chi connectivity index (χ3v) is 1.25. The van der Waals surface area contributed by atoms with Crippen molar-refractivity contribution >= 4 is 0 Å². The average Bonchev–Trinajstić information content (AvgIpc) is 1.81. The van der Waals surface area contributed by atoms with Crippen LogP contribution in [0.1, 0.15) is 27.7 Å². The lowest BCUT2D eigenvalue weighted by molar-refractivity contribution is 0.490. The molecular weight excluding hydrogens is 122 g/mol. The highest BCUT2D eigenvalue weighted by atomic mass is 15.1. The van der Waals surface area contributed by atoms with Crippen LogP contribution in [0.3, 0.4) is 0 Å². The third kappa shape index (κ3) is 3.33. The van der Waals surface area contributed by atoms with Crippen molar-refractivity contribution < 1.29 is 0 Å². The van der Waals surface area contributed by atoms with Crippen LogP contribution in [0, 0.1) is 0 Å². The van der Waals surface area contributed by atoms with Gasteiger partial charge in [-0.3, -0.25) is 0 Å². The van der Waals surface area contributed by atoms with E-state index in [1.165, 1.54) is 5.57 Å². The van der Waals surface area contributed by atoms with Crippen molar-refractivity contribution in [2.45, 2.75) is 27.7 Å². The maximum atomic E-state index is 3.86. The molecule has 0 heterocycles. The molecule has 0 spiro atoms. The van der Waals surface area contributed by atoms with E-state index in [1.807, 2.05) is 6.92 Å². The minimum Gasteiger partial charge on any atom is -0.353 e. The Hall–Kier alpha value is -0.720. The van der Waals surface area contributed by atoms with Gasteiger partial charge in [-0.2, -0.15) is 0 Å². The van der Waals surface area contributed by atoms with E-state index in [0.29, 0.717) is 0 Å². The smallest absolute Gasteiger partial charge is 0.0193 e. The minimum absolute atomic E-state index is 1.00. The molecule has 0 bridgehead atoms. The first-order valence-corrected chi connectivity index (χ1v) is 3.65. The molecule has 10 heavy (non-hydrogen) atoms. The van der Waals surface area contributed by atoms with E-state index in [-0.39, 0.29) is 0 Å².